The first-order valence-electron chi connectivity index (χ1n) is 7.34. The van der Waals surface area contributed by atoms with Crippen molar-refractivity contribution in [3.05, 3.63) is 47.5 Å². The third-order valence-electron chi connectivity index (χ3n) is 3.61. The summed E-state index contributed by atoms with van der Waals surface area (Å²) in [5, 5.41) is 0. The highest BCUT2D eigenvalue weighted by Crippen LogP contribution is 2.48. The first-order valence-corrected chi connectivity index (χ1v) is 8.97. The van der Waals surface area contributed by atoms with Crippen molar-refractivity contribution in [2.24, 2.45) is 0 Å². The molecule has 0 N–H and O–H groups in total. The first kappa shape index (κ1) is 16.9. The van der Waals surface area contributed by atoms with E-state index in [1.165, 1.54) is 14.2 Å². The van der Waals surface area contributed by atoms with Crippen molar-refractivity contribution in [3.63, 3.8) is 0 Å². The Morgan fingerprint density at radius 3 is 1.54 bits per heavy atom. The molecule has 0 amide bonds. The lowest BCUT2D eigenvalue weighted by Crippen LogP contribution is -2.05. The van der Waals surface area contributed by atoms with E-state index < -0.39 is 0 Å². The average Bonchev–Trinajstić information content (AvgIpc) is 2.59. The highest BCUT2D eigenvalue weighted by atomic mass is 32.2. The number of carbonyl (C=O) groups excluding carboxylic acids is 2. The van der Waals surface area contributed by atoms with Crippen molar-refractivity contribution in [1.82, 2.24) is 0 Å². The van der Waals surface area contributed by atoms with Crippen molar-refractivity contribution in [3.8, 4) is 0 Å². The van der Waals surface area contributed by atoms with Crippen LogP contribution < -0.4 is 0 Å². The van der Waals surface area contributed by atoms with Gasteiger partial charge in [-0.15, -0.1) is 0 Å². The van der Waals surface area contributed by atoms with Gasteiger partial charge in [-0.25, -0.2) is 0 Å². The lowest BCUT2D eigenvalue weighted by atomic mass is 10.1. The van der Waals surface area contributed by atoms with Crippen molar-refractivity contribution < 1.29 is 19.1 Å². The van der Waals surface area contributed by atoms with Crippen LogP contribution in [0.25, 0.3) is 0 Å². The third kappa shape index (κ3) is 3.76. The number of carbonyl (C=O) groups is 2. The fourth-order valence-electron chi connectivity index (χ4n) is 2.37. The van der Waals surface area contributed by atoms with Crippen LogP contribution in [0.1, 0.15) is 11.1 Å². The predicted octanol–water partition coefficient (Wildman–Crippen LogP) is 3.73. The smallest absolute Gasteiger partial charge is 0.309 e. The number of esters is 2. The summed E-state index contributed by atoms with van der Waals surface area (Å²) in [7, 11) is 2.79. The second kappa shape index (κ2) is 7.32. The molecule has 1 heterocycles. The van der Waals surface area contributed by atoms with Crippen molar-refractivity contribution >= 4 is 35.5 Å². The van der Waals surface area contributed by atoms with E-state index in [1.54, 1.807) is 23.5 Å². The second-order valence-electron chi connectivity index (χ2n) is 5.27. The Morgan fingerprint density at radius 1 is 0.750 bits per heavy atom. The van der Waals surface area contributed by atoms with Gasteiger partial charge in [0.05, 0.1) is 27.1 Å². The average molecular weight is 360 g/mol. The van der Waals surface area contributed by atoms with Gasteiger partial charge in [0.1, 0.15) is 0 Å². The summed E-state index contributed by atoms with van der Waals surface area (Å²) in [6.07, 6.45) is 0.555. The minimum atomic E-state index is -0.240. The Hall–Kier alpha value is -1.92. The van der Waals surface area contributed by atoms with Gasteiger partial charge in [-0.3, -0.25) is 9.59 Å². The largest absolute Gasteiger partial charge is 0.469 e. The highest BCUT2D eigenvalue weighted by molar-refractivity contribution is 8.05. The number of benzene rings is 2. The summed E-state index contributed by atoms with van der Waals surface area (Å²) in [6, 6.07) is 12.0. The molecule has 0 bridgehead atoms. The van der Waals surface area contributed by atoms with Crippen LogP contribution in [0.15, 0.2) is 56.0 Å². The van der Waals surface area contributed by atoms with Gasteiger partial charge in [0, 0.05) is 19.6 Å². The topological polar surface area (TPSA) is 52.6 Å². The van der Waals surface area contributed by atoms with Crippen LogP contribution in [0.4, 0.5) is 0 Å². The Morgan fingerprint density at radius 2 is 1.17 bits per heavy atom. The van der Waals surface area contributed by atoms with Crippen molar-refractivity contribution in [2.45, 2.75) is 32.4 Å². The fourth-order valence-corrected chi connectivity index (χ4v) is 4.69. The van der Waals surface area contributed by atoms with Gasteiger partial charge in [0.15, 0.2) is 0 Å². The normalized spacial score (nSPS) is 12.1. The molecule has 0 unspecified atom stereocenters. The zero-order chi connectivity index (χ0) is 17.1. The van der Waals surface area contributed by atoms with Gasteiger partial charge in [0.25, 0.3) is 0 Å². The molecule has 0 fully saturated rings. The zero-order valence-corrected chi connectivity index (χ0v) is 15.0. The van der Waals surface area contributed by atoms with Gasteiger partial charge >= 0.3 is 11.9 Å². The van der Waals surface area contributed by atoms with E-state index in [0.717, 1.165) is 30.7 Å². The molecule has 0 aliphatic carbocycles. The molecule has 24 heavy (non-hydrogen) atoms. The number of rotatable bonds is 4. The molecule has 4 nitrogen and oxygen atoms in total. The Labute approximate surface area is 148 Å². The van der Waals surface area contributed by atoms with E-state index >= 15 is 0 Å². The van der Waals surface area contributed by atoms with Gasteiger partial charge in [-0.2, -0.15) is 0 Å². The molecule has 1 aliphatic heterocycles. The standard InChI is InChI=1S/C18H16O4S2/c1-21-17(19)9-11-3-5-13-15(7-11)23-14-6-4-12(8-16(14)24-13)10-18(20)22-2/h3-8H,9-10H2,1-2H3. The maximum Gasteiger partial charge on any atom is 0.309 e. The van der Waals surface area contributed by atoms with Crippen LogP contribution in [-0.4, -0.2) is 26.2 Å². The van der Waals surface area contributed by atoms with Gasteiger partial charge in [-0.05, 0) is 35.4 Å². The lowest BCUT2D eigenvalue weighted by Gasteiger charge is -2.19. The number of fused-ring (bicyclic) bond motifs is 2. The maximum atomic E-state index is 11.4. The SMILES string of the molecule is COC(=O)Cc1ccc2c(c1)Sc1ccc(CC(=O)OC)cc1S2. The molecule has 0 radical (unpaired) electrons. The molecule has 6 heteroatoms. The molecule has 1 aliphatic rings. The number of hydrogen-bond donors (Lipinski definition) is 0. The summed E-state index contributed by atoms with van der Waals surface area (Å²) in [5.41, 5.74) is 1.89. The number of methoxy groups -OCH3 is 2. The minimum absolute atomic E-state index is 0.240. The van der Waals surface area contributed by atoms with Crippen LogP contribution in [0.2, 0.25) is 0 Å². The summed E-state index contributed by atoms with van der Waals surface area (Å²) in [4.78, 5) is 27.4. The van der Waals surface area contributed by atoms with E-state index in [0.29, 0.717) is 0 Å². The van der Waals surface area contributed by atoms with Gasteiger partial charge < -0.3 is 9.47 Å². The molecule has 3 rings (SSSR count). The Balaban J connectivity index is 1.81. The van der Waals surface area contributed by atoms with E-state index in [1.807, 2.05) is 36.4 Å². The van der Waals surface area contributed by atoms with Crippen molar-refractivity contribution in [2.75, 3.05) is 14.2 Å². The first-order chi connectivity index (χ1) is 11.6. The Kier molecular flexibility index (Phi) is 5.16. The predicted molar refractivity (Wildman–Crippen MR) is 92.6 cm³/mol. The summed E-state index contributed by atoms with van der Waals surface area (Å²) >= 11 is 3.35. The molecular formula is C18H16O4S2. The van der Waals surface area contributed by atoms with E-state index in [2.05, 4.69) is 0 Å². The van der Waals surface area contributed by atoms with Crippen LogP contribution in [0, 0.1) is 0 Å². The maximum absolute atomic E-state index is 11.4. The molecule has 0 saturated heterocycles. The summed E-state index contributed by atoms with van der Waals surface area (Å²) in [5.74, 6) is -0.479. The molecule has 0 atom stereocenters. The second-order valence-corrected chi connectivity index (χ2v) is 7.44. The van der Waals surface area contributed by atoms with Gasteiger partial charge in [0.2, 0.25) is 0 Å². The van der Waals surface area contributed by atoms with Crippen LogP contribution in [-0.2, 0) is 31.9 Å². The molecule has 2 aromatic rings. The van der Waals surface area contributed by atoms with Gasteiger partial charge in [-0.1, -0.05) is 35.7 Å². The minimum Gasteiger partial charge on any atom is -0.469 e. The van der Waals surface area contributed by atoms with Crippen molar-refractivity contribution in [1.29, 1.82) is 0 Å². The highest BCUT2D eigenvalue weighted by Gasteiger charge is 2.19. The van der Waals surface area contributed by atoms with Crippen LogP contribution >= 0.6 is 23.5 Å². The molecule has 0 saturated carbocycles. The van der Waals surface area contributed by atoms with E-state index in [9.17, 15) is 9.59 Å². The quantitative estimate of drug-likeness (QED) is 0.661. The van der Waals surface area contributed by atoms with E-state index in [-0.39, 0.29) is 24.8 Å². The number of hydrogen-bond acceptors (Lipinski definition) is 6. The van der Waals surface area contributed by atoms with Crippen LogP contribution in [0.3, 0.4) is 0 Å². The lowest BCUT2D eigenvalue weighted by molar-refractivity contribution is -0.140. The summed E-state index contributed by atoms with van der Waals surface area (Å²) in [6.45, 7) is 0. The molecule has 2 aromatic carbocycles. The molecule has 0 spiro atoms. The molecular weight excluding hydrogens is 344 g/mol. The van der Waals surface area contributed by atoms with E-state index in [4.69, 9.17) is 9.47 Å². The zero-order valence-electron chi connectivity index (χ0n) is 13.3. The third-order valence-corrected chi connectivity index (χ3v) is 6.13. The summed E-state index contributed by atoms with van der Waals surface area (Å²) < 4.78 is 9.44. The monoisotopic (exact) mass is 360 g/mol. The fraction of sp³-hybridized carbons (Fsp3) is 0.222. The number of ether oxygens (including phenoxy) is 2. The molecule has 0 aromatic heterocycles. The van der Waals surface area contributed by atoms with Crippen LogP contribution in [0.5, 0.6) is 0 Å². The Bertz CT molecular complexity index is 734. The molecule has 124 valence electrons.